The Morgan fingerprint density at radius 1 is 1.41 bits per heavy atom. The summed E-state index contributed by atoms with van der Waals surface area (Å²) in [5, 5.41) is -0.000614. The van der Waals surface area contributed by atoms with Crippen LogP contribution < -0.4 is 4.74 Å². The van der Waals surface area contributed by atoms with Gasteiger partial charge in [-0.2, -0.15) is 0 Å². The molecular formula is C13H14Cl2O2. The Morgan fingerprint density at radius 2 is 2.18 bits per heavy atom. The summed E-state index contributed by atoms with van der Waals surface area (Å²) in [7, 11) is 0. The van der Waals surface area contributed by atoms with Crippen LogP contribution in [-0.4, -0.2) is 17.8 Å². The third kappa shape index (κ3) is 2.75. The molecule has 1 aromatic rings. The molecule has 0 bridgehead atoms. The van der Waals surface area contributed by atoms with E-state index in [-0.39, 0.29) is 5.78 Å². The number of fused-ring (bicyclic) bond motifs is 1. The van der Waals surface area contributed by atoms with Crippen LogP contribution in [0.1, 0.15) is 35.7 Å². The maximum atomic E-state index is 12.0. The van der Waals surface area contributed by atoms with E-state index in [2.05, 4.69) is 0 Å². The molecule has 4 heteroatoms. The van der Waals surface area contributed by atoms with E-state index < -0.39 is 5.38 Å². The van der Waals surface area contributed by atoms with Crippen LogP contribution in [0.15, 0.2) is 12.1 Å². The predicted octanol–water partition coefficient (Wildman–Crippen LogP) is 3.87. The van der Waals surface area contributed by atoms with Crippen LogP contribution in [0.25, 0.3) is 0 Å². The first-order valence-corrected chi connectivity index (χ1v) is 6.54. The monoisotopic (exact) mass is 272 g/mol. The molecule has 0 N–H and O–H groups in total. The fourth-order valence-electron chi connectivity index (χ4n) is 2.00. The van der Waals surface area contributed by atoms with E-state index >= 15 is 0 Å². The zero-order valence-corrected chi connectivity index (χ0v) is 11.1. The minimum Gasteiger partial charge on any atom is -0.493 e. The predicted molar refractivity (Wildman–Crippen MR) is 69.5 cm³/mol. The third-order valence-corrected chi connectivity index (χ3v) is 3.26. The normalized spacial score (nSPS) is 16.6. The van der Waals surface area contributed by atoms with Crippen LogP contribution in [0.4, 0.5) is 0 Å². The van der Waals surface area contributed by atoms with Crippen molar-refractivity contribution in [3.8, 4) is 5.75 Å². The number of hydrogen-bond donors (Lipinski definition) is 0. The molecular weight excluding hydrogens is 259 g/mol. The first kappa shape index (κ1) is 12.7. The molecule has 0 fully saturated rings. The quantitative estimate of drug-likeness (QED) is 0.604. The largest absolute Gasteiger partial charge is 0.493 e. The summed E-state index contributed by atoms with van der Waals surface area (Å²) in [5.74, 6) is 0.539. The fourth-order valence-corrected chi connectivity index (χ4v) is 2.35. The van der Waals surface area contributed by atoms with Crippen molar-refractivity contribution in [2.45, 2.75) is 31.6 Å². The van der Waals surface area contributed by atoms with Crippen LogP contribution in [0, 0.1) is 0 Å². The first-order chi connectivity index (χ1) is 8.09. The van der Waals surface area contributed by atoms with Crippen LogP contribution in [-0.2, 0) is 6.42 Å². The molecule has 17 heavy (non-hydrogen) atoms. The summed E-state index contributed by atoms with van der Waals surface area (Å²) < 4.78 is 5.67. The van der Waals surface area contributed by atoms with Gasteiger partial charge in [-0.05, 0) is 43.9 Å². The van der Waals surface area contributed by atoms with Crippen molar-refractivity contribution in [2.75, 3.05) is 6.61 Å². The summed E-state index contributed by atoms with van der Waals surface area (Å²) in [6.07, 6.45) is 2.95. The summed E-state index contributed by atoms with van der Waals surface area (Å²) >= 11 is 11.9. The minimum absolute atomic E-state index is 0.132. The topological polar surface area (TPSA) is 26.3 Å². The standard InChI is InChI=1S/C13H14Cl2O2/c1-8(14)12(16)11-7-10(15)6-9-4-2-3-5-17-13(9)11/h6-8H,2-5H2,1H3. The van der Waals surface area contributed by atoms with Gasteiger partial charge in [-0.25, -0.2) is 0 Å². The second-order valence-corrected chi connectivity index (χ2v) is 5.32. The van der Waals surface area contributed by atoms with Crippen molar-refractivity contribution in [1.29, 1.82) is 0 Å². The van der Waals surface area contributed by atoms with Gasteiger partial charge in [0, 0.05) is 5.02 Å². The van der Waals surface area contributed by atoms with E-state index in [4.69, 9.17) is 27.9 Å². The zero-order chi connectivity index (χ0) is 12.4. The molecule has 1 unspecified atom stereocenters. The van der Waals surface area contributed by atoms with Crippen molar-refractivity contribution >= 4 is 29.0 Å². The number of aryl methyl sites for hydroxylation is 1. The Bertz CT molecular complexity index is 441. The minimum atomic E-state index is -0.565. The molecule has 0 aromatic heterocycles. The van der Waals surface area contributed by atoms with Gasteiger partial charge in [0.05, 0.1) is 17.5 Å². The lowest BCUT2D eigenvalue weighted by Gasteiger charge is -2.13. The smallest absolute Gasteiger partial charge is 0.184 e. The number of alkyl halides is 1. The molecule has 0 aliphatic carbocycles. The van der Waals surface area contributed by atoms with Crippen molar-refractivity contribution < 1.29 is 9.53 Å². The lowest BCUT2D eigenvalue weighted by molar-refractivity contribution is 0.0988. The molecule has 1 aliphatic rings. The van der Waals surface area contributed by atoms with Crippen LogP contribution >= 0.6 is 23.2 Å². The Morgan fingerprint density at radius 3 is 2.88 bits per heavy atom. The van der Waals surface area contributed by atoms with E-state index in [1.54, 1.807) is 13.0 Å². The highest BCUT2D eigenvalue weighted by atomic mass is 35.5. The van der Waals surface area contributed by atoms with Gasteiger partial charge in [0.1, 0.15) is 5.75 Å². The highest BCUT2D eigenvalue weighted by Crippen LogP contribution is 2.33. The van der Waals surface area contributed by atoms with Gasteiger partial charge in [0.25, 0.3) is 0 Å². The second-order valence-electron chi connectivity index (χ2n) is 4.23. The number of rotatable bonds is 2. The summed E-state index contributed by atoms with van der Waals surface area (Å²) in [4.78, 5) is 12.0. The van der Waals surface area contributed by atoms with Gasteiger partial charge in [-0.3, -0.25) is 4.79 Å². The van der Waals surface area contributed by atoms with E-state index in [0.717, 1.165) is 24.8 Å². The molecule has 1 aromatic carbocycles. The highest BCUT2D eigenvalue weighted by Gasteiger charge is 2.22. The SMILES string of the molecule is CC(Cl)C(=O)c1cc(Cl)cc2c1OCCCC2. The molecule has 0 saturated heterocycles. The van der Waals surface area contributed by atoms with E-state index in [0.29, 0.717) is 22.9 Å². The number of halogens is 2. The lowest BCUT2D eigenvalue weighted by atomic mass is 10.0. The van der Waals surface area contributed by atoms with Crippen molar-refractivity contribution in [3.05, 3.63) is 28.3 Å². The van der Waals surface area contributed by atoms with Gasteiger partial charge in [-0.1, -0.05) is 11.6 Å². The summed E-state index contributed by atoms with van der Waals surface area (Å²) in [6, 6.07) is 3.52. The maximum Gasteiger partial charge on any atom is 0.184 e. The third-order valence-electron chi connectivity index (χ3n) is 2.84. The van der Waals surface area contributed by atoms with Crippen LogP contribution in [0.5, 0.6) is 5.75 Å². The van der Waals surface area contributed by atoms with Gasteiger partial charge >= 0.3 is 0 Å². The fraction of sp³-hybridized carbons (Fsp3) is 0.462. The average molecular weight is 273 g/mol. The number of hydrogen-bond acceptors (Lipinski definition) is 2. The van der Waals surface area contributed by atoms with E-state index in [1.165, 1.54) is 0 Å². The number of Topliss-reactive ketones (excluding diaryl/α,β-unsaturated/α-hetero) is 1. The van der Waals surface area contributed by atoms with Crippen LogP contribution in [0.2, 0.25) is 5.02 Å². The second kappa shape index (κ2) is 5.28. The Kier molecular flexibility index (Phi) is 3.95. The molecule has 2 rings (SSSR count). The number of benzene rings is 1. The number of carbonyl (C=O) groups is 1. The Hall–Kier alpha value is -0.730. The first-order valence-electron chi connectivity index (χ1n) is 5.73. The summed E-state index contributed by atoms with van der Waals surface area (Å²) in [5.41, 5.74) is 1.52. The molecule has 1 heterocycles. The van der Waals surface area contributed by atoms with E-state index in [9.17, 15) is 4.79 Å². The molecule has 0 amide bonds. The lowest BCUT2D eigenvalue weighted by Crippen LogP contribution is -2.13. The number of ether oxygens (including phenoxy) is 1. The van der Waals surface area contributed by atoms with E-state index in [1.807, 2.05) is 6.07 Å². The van der Waals surface area contributed by atoms with Crippen molar-refractivity contribution in [3.63, 3.8) is 0 Å². The molecule has 0 saturated carbocycles. The molecule has 0 radical (unpaired) electrons. The molecule has 1 atom stereocenters. The molecule has 2 nitrogen and oxygen atoms in total. The Labute approximate surface area is 111 Å². The van der Waals surface area contributed by atoms with Gasteiger partial charge in [0.15, 0.2) is 5.78 Å². The zero-order valence-electron chi connectivity index (χ0n) is 9.63. The Balaban J connectivity index is 2.50. The van der Waals surface area contributed by atoms with Gasteiger partial charge < -0.3 is 4.74 Å². The average Bonchev–Trinajstić information content (AvgIpc) is 2.51. The van der Waals surface area contributed by atoms with Crippen molar-refractivity contribution in [2.24, 2.45) is 0 Å². The molecule has 1 aliphatic heterocycles. The summed E-state index contributed by atoms with van der Waals surface area (Å²) in [6.45, 7) is 2.31. The van der Waals surface area contributed by atoms with Gasteiger partial charge in [-0.15, -0.1) is 11.6 Å². The number of ketones is 1. The number of carbonyl (C=O) groups excluding carboxylic acids is 1. The molecule has 92 valence electrons. The molecule has 0 spiro atoms. The maximum absolute atomic E-state index is 12.0. The van der Waals surface area contributed by atoms with Crippen molar-refractivity contribution in [1.82, 2.24) is 0 Å². The highest BCUT2D eigenvalue weighted by molar-refractivity contribution is 6.35. The van der Waals surface area contributed by atoms with Gasteiger partial charge in [0.2, 0.25) is 0 Å². The van der Waals surface area contributed by atoms with Crippen LogP contribution in [0.3, 0.4) is 0 Å².